The van der Waals surface area contributed by atoms with Crippen LogP contribution in [0.1, 0.15) is 5.56 Å². The van der Waals surface area contributed by atoms with Gasteiger partial charge in [-0.3, -0.25) is 15.0 Å². The third kappa shape index (κ3) is 5.70. The number of benzene rings is 2. The number of rotatable bonds is 5. The minimum absolute atomic E-state index is 0.203. The van der Waals surface area contributed by atoms with Crippen molar-refractivity contribution < 1.29 is 9.59 Å². The molecule has 0 saturated carbocycles. The summed E-state index contributed by atoms with van der Waals surface area (Å²) in [5, 5.41) is 5.81. The average Bonchev–Trinajstić information content (AvgIpc) is 2.68. The molecule has 0 unspecified atom stereocenters. The van der Waals surface area contributed by atoms with Gasteiger partial charge in [0, 0.05) is 32.7 Å². The van der Waals surface area contributed by atoms with Gasteiger partial charge in [0.2, 0.25) is 5.91 Å². The SMILES string of the molecule is O=C(CN1CCN(c2ccccc2Cl)CC1)NC(=O)NCc1ccccc1. The lowest BCUT2D eigenvalue weighted by Crippen LogP contribution is -2.51. The third-order valence-corrected chi connectivity index (χ3v) is 4.80. The van der Waals surface area contributed by atoms with Crippen molar-refractivity contribution in [1.82, 2.24) is 15.5 Å². The number of carbonyl (C=O) groups is 2. The van der Waals surface area contributed by atoms with Crippen LogP contribution in [-0.2, 0) is 11.3 Å². The van der Waals surface area contributed by atoms with Gasteiger partial charge in [0.05, 0.1) is 17.3 Å². The fraction of sp³-hybridized carbons (Fsp3) is 0.300. The normalized spacial score (nSPS) is 14.6. The molecule has 0 aliphatic carbocycles. The van der Waals surface area contributed by atoms with Crippen LogP contribution in [0.5, 0.6) is 0 Å². The van der Waals surface area contributed by atoms with Crippen LogP contribution in [0, 0.1) is 0 Å². The smallest absolute Gasteiger partial charge is 0.321 e. The number of imide groups is 1. The first kappa shape index (κ1) is 19.2. The number of nitrogens with zero attached hydrogens (tertiary/aromatic N) is 2. The lowest BCUT2D eigenvalue weighted by molar-refractivity contribution is -0.121. The lowest BCUT2D eigenvalue weighted by atomic mass is 10.2. The highest BCUT2D eigenvalue weighted by Crippen LogP contribution is 2.25. The molecule has 1 heterocycles. The van der Waals surface area contributed by atoms with Crippen molar-refractivity contribution in [1.29, 1.82) is 0 Å². The van der Waals surface area contributed by atoms with Crippen LogP contribution < -0.4 is 15.5 Å². The number of para-hydroxylation sites is 1. The van der Waals surface area contributed by atoms with Crippen LogP contribution in [0.3, 0.4) is 0 Å². The Hall–Kier alpha value is -2.57. The summed E-state index contributed by atoms with van der Waals surface area (Å²) in [6.07, 6.45) is 0. The number of urea groups is 1. The summed E-state index contributed by atoms with van der Waals surface area (Å²) in [4.78, 5) is 28.2. The van der Waals surface area contributed by atoms with Crippen molar-refractivity contribution in [3.63, 3.8) is 0 Å². The van der Waals surface area contributed by atoms with Gasteiger partial charge >= 0.3 is 6.03 Å². The number of carbonyl (C=O) groups excluding carboxylic acids is 2. The van der Waals surface area contributed by atoms with Gasteiger partial charge in [-0.15, -0.1) is 0 Å². The van der Waals surface area contributed by atoms with Crippen LogP contribution in [-0.4, -0.2) is 49.6 Å². The number of hydrogen-bond donors (Lipinski definition) is 2. The lowest BCUT2D eigenvalue weighted by Gasteiger charge is -2.36. The molecule has 1 saturated heterocycles. The summed E-state index contributed by atoms with van der Waals surface area (Å²) in [7, 11) is 0. The van der Waals surface area contributed by atoms with Gasteiger partial charge in [0.1, 0.15) is 0 Å². The Labute approximate surface area is 164 Å². The van der Waals surface area contributed by atoms with Crippen molar-refractivity contribution >= 4 is 29.2 Å². The Morgan fingerprint density at radius 3 is 2.30 bits per heavy atom. The summed E-state index contributed by atoms with van der Waals surface area (Å²) in [5.41, 5.74) is 2.00. The second kappa shape index (κ2) is 9.39. The molecule has 2 aromatic rings. The summed E-state index contributed by atoms with van der Waals surface area (Å²) in [5.74, 6) is -0.299. The standard InChI is InChI=1S/C20H23ClN4O2/c21-17-8-4-5-9-18(17)25-12-10-24(11-13-25)15-19(26)23-20(27)22-14-16-6-2-1-3-7-16/h1-9H,10-15H2,(H2,22,23,26,27). The van der Waals surface area contributed by atoms with E-state index >= 15 is 0 Å². The first-order chi connectivity index (χ1) is 13.1. The molecule has 6 nitrogen and oxygen atoms in total. The maximum absolute atomic E-state index is 12.1. The molecule has 3 rings (SSSR count). The Bertz CT molecular complexity index is 777. The average molecular weight is 387 g/mol. The quantitative estimate of drug-likeness (QED) is 0.828. The first-order valence-electron chi connectivity index (χ1n) is 8.95. The molecule has 142 valence electrons. The van der Waals surface area contributed by atoms with E-state index in [2.05, 4.69) is 15.5 Å². The zero-order chi connectivity index (χ0) is 19.1. The maximum Gasteiger partial charge on any atom is 0.321 e. The fourth-order valence-electron chi connectivity index (χ4n) is 3.05. The molecule has 3 amide bonds. The van der Waals surface area contributed by atoms with Crippen LogP contribution in [0.25, 0.3) is 0 Å². The van der Waals surface area contributed by atoms with Crippen molar-refractivity contribution in [2.24, 2.45) is 0 Å². The number of nitrogens with one attached hydrogen (secondary N) is 2. The van der Waals surface area contributed by atoms with Gasteiger partial charge in [-0.25, -0.2) is 4.79 Å². The molecule has 0 bridgehead atoms. The van der Waals surface area contributed by atoms with Crippen molar-refractivity contribution in [3.05, 3.63) is 65.2 Å². The van der Waals surface area contributed by atoms with Gasteiger partial charge in [0.15, 0.2) is 0 Å². The molecule has 2 aromatic carbocycles. The Morgan fingerprint density at radius 2 is 1.59 bits per heavy atom. The largest absolute Gasteiger partial charge is 0.368 e. The zero-order valence-corrected chi connectivity index (χ0v) is 15.8. The molecule has 0 radical (unpaired) electrons. The molecule has 0 spiro atoms. The maximum atomic E-state index is 12.1. The molecule has 0 atom stereocenters. The highest BCUT2D eigenvalue weighted by atomic mass is 35.5. The topological polar surface area (TPSA) is 64.7 Å². The number of halogens is 1. The van der Waals surface area contributed by atoms with E-state index in [-0.39, 0.29) is 12.5 Å². The molecule has 27 heavy (non-hydrogen) atoms. The number of amides is 3. The van der Waals surface area contributed by atoms with Gasteiger partial charge in [-0.2, -0.15) is 0 Å². The van der Waals surface area contributed by atoms with Crippen molar-refractivity contribution in [2.75, 3.05) is 37.6 Å². The number of piperazine rings is 1. The van der Waals surface area contributed by atoms with E-state index in [0.717, 1.165) is 42.5 Å². The van der Waals surface area contributed by atoms with Gasteiger partial charge in [-0.1, -0.05) is 54.1 Å². The van der Waals surface area contributed by atoms with E-state index in [4.69, 9.17) is 11.6 Å². The molecular formula is C20H23ClN4O2. The summed E-state index contributed by atoms with van der Waals surface area (Å²) in [6, 6.07) is 16.8. The Kier molecular flexibility index (Phi) is 6.68. The van der Waals surface area contributed by atoms with E-state index in [9.17, 15) is 9.59 Å². The summed E-state index contributed by atoms with van der Waals surface area (Å²) >= 11 is 6.25. The molecular weight excluding hydrogens is 364 g/mol. The highest BCUT2D eigenvalue weighted by Gasteiger charge is 2.21. The molecule has 1 aliphatic rings. The van der Waals surface area contributed by atoms with Crippen LogP contribution in [0.15, 0.2) is 54.6 Å². The second-order valence-corrected chi connectivity index (χ2v) is 6.84. The third-order valence-electron chi connectivity index (χ3n) is 4.48. The molecule has 1 fully saturated rings. The van der Waals surface area contributed by atoms with E-state index in [1.165, 1.54) is 0 Å². The predicted molar refractivity (Wildman–Crippen MR) is 107 cm³/mol. The number of hydrogen-bond acceptors (Lipinski definition) is 4. The van der Waals surface area contributed by atoms with Gasteiger partial charge in [0.25, 0.3) is 0 Å². The molecule has 0 aromatic heterocycles. The van der Waals surface area contributed by atoms with Crippen molar-refractivity contribution in [3.8, 4) is 0 Å². The van der Waals surface area contributed by atoms with E-state index in [1.54, 1.807) is 0 Å². The van der Waals surface area contributed by atoms with Gasteiger partial charge < -0.3 is 10.2 Å². The zero-order valence-electron chi connectivity index (χ0n) is 15.0. The second-order valence-electron chi connectivity index (χ2n) is 6.43. The molecule has 7 heteroatoms. The van der Waals surface area contributed by atoms with Crippen molar-refractivity contribution in [2.45, 2.75) is 6.54 Å². The van der Waals surface area contributed by atoms with E-state index < -0.39 is 6.03 Å². The minimum atomic E-state index is -0.474. The summed E-state index contributed by atoms with van der Waals surface area (Å²) < 4.78 is 0. The van der Waals surface area contributed by atoms with E-state index in [1.807, 2.05) is 59.5 Å². The van der Waals surface area contributed by atoms with E-state index in [0.29, 0.717) is 6.54 Å². The number of anilines is 1. The van der Waals surface area contributed by atoms with Crippen LogP contribution in [0.2, 0.25) is 5.02 Å². The summed E-state index contributed by atoms with van der Waals surface area (Å²) in [6.45, 7) is 3.65. The van der Waals surface area contributed by atoms with Crippen LogP contribution in [0.4, 0.5) is 10.5 Å². The Balaban J connectivity index is 1.39. The molecule has 2 N–H and O–H groups in total. The van der Waals surface area contributed by atoms with Crippen LogP contribution >= 0.6 is 11.6 Å². The van der Waals surface area contributed by atoms with Gasteiger partial charge in [-0.05, 0) is 17.7 Å². The molecule has 1 aliphatic heterocycles. The highest BCUT2D eigenvalue weighted by molar-refractivity contribution is 6.33. The fourth-order valence-corrected chi connectivity index (χ4v) is 3.30. The predicted octanol–water partition coefficient (Wildman–Crippen LogP) is 2.49. The minimum Gasteiger partial charge on any atom is -0.368 e. The Morgan fingerprint density at radius 1 is 0.926 bits per heavy atom. The monoisotopic (exact) mass is 386 g/mol. The first-order valence-corrected chi connectivity index (χ1v) is 9.33.